The lowest BCUT2D eigenvalue weighted by molar-refractivity contribution is -0.139. The molecule has 5 aliphatic rings. The Kier molecular flexibility index (Phi) is 6.64. The third-order valence-electron chi connectivity index (χ3n) is 10.6. The molecule has 0 aromatic rings. The summed E-state index contributed by atoms with van der Waals surface area (Å²) in [6.07, 6.45) is 22.7. The van der Waals surface area contributed by atoms with Crippen molar-refractivity contribution < 1.29 is 9.59 Å². The van der Waals surface area contributed by atoms with Crippen molar-refractivity contribution in [1.29, 1.82) is 0 Å². The molecule has 0 aromatic carbocycles. The summed E-state index contributed by atoms with van der Waals surface area (Å²) in [5.41, 5.74) is -0.0172. The van der Waals surface area contributed by atoms with Crippen LogP contribution < -0.4 is 0 Å². The zero-order valence-corrected chi connectivity index (χ0v) is 20.1. The Balaban J connectivity index is 1.05. The molecule has 0 heterocycles. The fourth-order valence-electron chi connectivity index (χ4n) is 8.09. The van der Waals surface area contributed by atoms with E-state index in [1.807, 2.05) is 0 Å². The van der Waals surface area contributed by atoms with Crippen LogP contribution in [0.2, 0.25) is 0 Å². The number of ketones is 2. The summed E-state index contributed by atoms with van der Waals surface area (Å²) in [5, 5.41) is 0. The van der Waals surface area contributed by atoms with E-state index in [1.54, 1.807) is 0 Å². The molecule has 0 aliphatic heterocycles. The maximum atomic E-state index is 13.3. The maximum Gasteiger partial charge on any atom is 0.141 e. The first-order valence-corrected chi connectivity index (χ1v) is 14.1. The molecule has 174 valence electrons. The molecule has 0 radical (unpaired) electrons. The van der Waals surface area contributed by atoms with E-state index in [4.69, 9.17) is 0 Å². The van der Waals surface area contributed by atoms with Crippen LogP contribution in [0.15, 0.2) is 0 Å². The molecule has 2 heteroatoms. The lowest BCUT2D eigenvalue weighted by atomic mass is 9.61. The molecule has 5 fully saturated rings. The standard InChI is InChI=1S/C29H46O2/c1-29(16-3-17-29)28(31)25-14-12-24(13-15-25)27(30)23-10-8-22(9-11-23)26-5-2-4-21(19-26)18-20-6-7-20/h20-26H,2-19H2,1H3. The van der Waals surface area contributed by atoms with Gasteiger partial charge in [-0.05, 0) is 101 Å². The predicted octanol–water partition coefficient (Wildman–Crippen LogP) is 7.53. The van der Waals surface area contributed by atoms with E-state index in [0.717, 1.165) is 75.0 Å². The van der Waals surface area contributed by atoms with Crippen LogP contribution in [0.25, 0.3) is 0 Å². The lowest BCUT2D eigenvalue weighted by Crippen LogP contribution is -2.41. The summed E-state index contributed by atoms with van der Waals surface area (Å²) in [4.78, 5) is 26.1. The van der Waals surface area contributed by atoms with Crippen LogP contribution in [0.1, 0.15) is 122 Å². The van der Waals surface area contributed by atoms with Crippen LogP contribution in [-0.4, -0.2) is 11.6 Å². The fraction of sp³-hybridized carbons (Fsp3) is 0.931. The highest BCUT2D eigenvalue weighted by Crippen LogP contribution is 2.48. The first-order chi connectivity index (χ1) is 15.0. The lowest BCUT2D eigenvalue weighted by Gasteiger charge is -2.41. The van der Waals surface area contributed by atoms with Gasteiger partial charge < -0.3 is 0 Å². The Labute approximate surface area is 190 Å². The summed E-state index contributed by atoms with van der Waals surface area (Å²) in [5.74, 6) is 5.92. The molecule has 2 atom stereocenters. The fourth-order valence-corrected chi connectivity index (χ4v) is 8.09. The third-order valence-corrected chi connectivity index (χ3v) is 10.6. The molecular weight excluding hydrogens is 380 g/mol. The summed E-state index contributed by atoms with van der Waals surface area (Å²) < 4.78 is 0. The van der Waals surface area contributed by atoms with Crippen molar-refractivity contribution in [3.63, 3.8) is 0 Å². The Hall–Kier alpha value is -0.660. The quantitative estimate of drug-likeness (QED) is 0.421. The van der Waals surface area contributed by atoms with Crippen LogP contribution in [-0.2, 0) is 9.59 Å². The average molecular weight is 427 g/mol. The first kappa shape index (κ1) is 22.1. The van der Waals surface area contributed by atoms with Crippen molar-refractivity contribution in [1.82, 2.24) is 0 Å². The summed E-state index contributed by atoms with van der Waals surface area (Å²) >= 11 is 0. The van der Waals surface area contributed by atoms with Gasteiger partial charge in [-0.1, -0.05) is 45.4 Å². The van der Waals surface area contributed by atoms with Crippen molar-refractivity contribution in [3.05, 3.63) is 0 Å². The Morgan fingerprint density at radius 1 is 0.645 bits per heavy atom. The summed E-state index contributed by atoms with van der Waals surface area (Å²) in [6.45, 7) is 2.18. The van der Waals surface area contributed by atoms with Crippen molar-refractivity contribution in [2.75, 3.05) is 0 Å². The van der Waals surface area contributed by atoms with Gasteiger partial charge in [0.1, 0.15) is 11.6 Å². The molecular formula is C29H46O2. The Bertz CT molecular complexity index is 642. The molecule has 0 bridgehead atoms. The topological polar surface area (TPSA) is 34.1 Å². The highest BCUT2D eigenvalue weighted by molar-refractivity contribution is 5.88. The van der Waals surface area contributed by atoms with Gasteiger partial charge in [0.25, 0.3) is 0 Å². The number of Topliss-reactive ketones (excluding diaryl/α,β-unsaturated/α-hetero) is 2. The second kappa shape index (κ2) is 9.30. The molecule has 0 amide bonds. The second-order valence-corrected chi connectivity index (χ2v) is 12.8. The molecule has 31 heavy (non-hydrogen) atoms. The van der Waals surface area contributed by atoms with Gasteiger partial charge in [0.15, 0.2) is 0 Å². The number of hydrogen-bond acceptors (Lipinski definition) is 2. The summed E-state index contributed by atoms with van der Waals surface area (Å²) in [7, 11) is 0. The monoisotopic (exact) mass is 426 g/mol. The van der Waals surface area contributed by atoms with Gasteiger partial charge in [0, 0.05) is 23.2 Å². The molecule has 5 aliphatic carbocycles. The average Bonchev–Trinajstić information content (AvgIpc) is 3.61. The minimum Gasteiger partial charge on any atom is -0.299 e. The Morgan fingerprint density at radius 2 is 1.26 bits per heavy atom. The van der Waals surface area contributed by atoms with Gasteiger partial charge in [0.2, 0.25) is 0 Å². The summed E-state index contributed by atoms with van der Waals surface area (Å²) in [6, 6.07) is 0. The van der Waals surface area contributed by atoms with Gasteiger partial charge in [-0.25, -0.2) is 0 Å². The smallest absolute Gasteiger partial charge is 0.141 e. The molecule has 0 spiro atoms. The maximum absolute atomic E-state index is 13.3. The van der Waals surface area contributed by atoms with Gasteiger partial charge >= 0.3 is 0 Å². The zero-order chi connectivity index (χ0) is 21.4. The van der Waals surface area contributed by atoms with E-state index in [1.165, 1.54) is 64.2 Å². The van der Waals surface area contributed by atoms with Crippen molar-refractivity contribution >= 4 is 11.6 Å². The molecule has 0 saturated heterocycles. The normalized spacial score (nSPS) is 40.7. The molecule has 0 aromatic heterocycles. The second-order valence-electron chi connectivity index (χ2n) is 12.8. The number of rotatable bonds is 7. The van der Waals surface area contributed by atoms with Gasteiger partial charge in [-0.2, -0.15) is 0 Å². The highest BCUT2D eigenvalue weighted by atomic mass is 16.1. The van der Waals surface area contributed by atoms with Crippen LogP contribution in [0.3, 0.4) is 0 Å². The van der Waals surface area contributed by atoms with Gasteiger partial charge in [0.05, 0.1) is 0 Å². The minimum absolute atomic E-state index is 0.0172. The SMILES string of the molecule is CC1(C(=O)C2CCC(C(=O)C3CCC(C4CCCC(CC5CC5)C4)CC3)CC2)CCC1. The van der Waals surface area contributed by atoms with Gasteiger partial charge in [-0.15, -0.1) is 0 Å². The van der Waals surface area contributed by atoms with Gasteiger partial charge in [-0.3, -0.25) is 9.59 Å². The van der Waals surface area contributed by atoms with E-state index < -0.39 is 0 Å². The molecule has 2 nitrogen and oxygen atoms in total. The van der Waals surface area contributed by atoms with E-state index in [9.17, 15) is 9.59 Å². The van der Waals surface area contributed by atoms with E-state index in [2.05, 4.69) is 6.92 Å². The van der Waals surface area contributed by atoms with E-state index in [-0.39, 0.29) is 17.3 Å². The van der Waals surface area contributed by atoms with Crippen LogP contribution in [0.5, 0.6) is 0 Å². The van der Waals surface area contributed by atoms with Crippen LogP contribution >= 0.6 is 0 Å². The minimum atomic E-state index is -0.0172. The van der Waals surface area contributed by atoms with Crippen LogP contribution in [0.4, 0.5) is 0 Å². The predicted molar refractivity (Wildman–Crippen MR) is 126 cm³/mol. The number of carbonyl (C=O) groups excluding carboxylic acids is 2. The van der Waals surface area contributed by atoms with E-state index in [0.29, 0.717) is 17.5 Å². The van der Waals surface area contributed by atoms with Crippen molar-refractivity contribution in [2.24, 2.45) is 46.8 Å². The Morgan fingerprint density at radius 3 is 1.84 bits per heavy atom. The third kappa shape index (κ3) is 4.98. The zero-order valence-electron chi connectivity index (χ0n) is 20.1. The number of hydrogen-bond donors (Lipinski definition) is 0. The first-order valence-electron chi connectivity index (χ1n) is 14.1. The van der Waals surface area contributed by atoms with Crippen molar-refractivity contribution in [2.45, 2.75) is 122 Å². The molecule has 5 rings (SSSR count). The highest BCUT2D eigenvalue weighted by Gasteiger charge is 2.44. The van der Waals surface area contributed by atoms with E-state index >= 15 is 0 Å². The van der Waals surface area contributed by atoms with Crippen LogP contribution in [0, 0.1) is 46.8 Å². The molecule has 2 unspecified atom stereocenters. The molecule has 0 N–H and O–H groups in total. The largest absolute Gasteiger partial charge is 0.299 e. The van der Waals surface area contributed by atoms with Crippen molar-refractivity contribution in [3.8, 4) is 0 Å². The molecule has 5 saturated carbocycles. The number of carbonyl (C=O) groups is 2.